The Morgan fingerprint density at radius 3 is 1.34 bits per heavy atom. The highest BCUT2D eigenvalue weighted by Gasteiger charge is 2.16. The molecular formula is C39H72O5. The van der Waals surface area contributed by atoms with E-state index in [0.29, 0.717) is 12.8 Å². The fourth-order valence-electron chi connectivity index (χ4n) is 5.35. The van der Waals surface area contributed by atoms with Crippen LogP contribution in [-0.4, -0.2) is 36.4 Å². The lowest BCUT2D eigenvalue weighted by Gasteiger charge is -2.15. The quantitative estimate of drug-likeness (QED) is 0.0440. The maximum absolute atomic E-state index is 12.1. The molecule has 5 heteroatoms. The highest BCUT2D eigenvalue weighted by Crippen LogP contribution is 2.13. The molecule has 0 aromatic heterocycles. The lowest BCUT2D eigenvalue weighted by atomic mass is 10.1. The summed E-state index contributed by atoms with van der Waals surface area (Å²) in [5.41, 5.74) is 0. The summed E-state index contributed by atoms with van der Waals surface area (Å²) >= 11 is 0. The number of allylic oxidation sites excluding steroid dienone is 4. The molecule has 258 valence electrons. The van der Waals surface area contributed by atoms with Crippen molar-refractivity contribution in [2.75, 3.05) is 13.2 Å². The molecule has 1 N–H and O–H groups in total. The van der Waals surface area contributed by atoms with Gasteiger partial charge in [0.1, 0.15) is 6.61 Å². The van der Waals surface area contributed by atoms with E-state index in [-0.39, 0.29) is 25.2 Å². The zero-order valence-corrected chi connectivity index (χ0v) is 29.2. The van der Waals surface area contributed by atoms with Gasteiger partial charge < -0.3 is 14.6 Å². The standard InChI is InChI=1S/C39H72O5/c1-3-5-7-9-11-13-14-15-16-17-18-19-20-21-22-23-24-26-28-30-32-34-39(42)44-37(35-40)36-43-38(41)33-31-29-27-25-12-10-8-6-4-2/h14-15,17-18,37,40H,3-13,16,19-36H2,1-2H3/b15-14-,18-17-. The molecule has 0 spiro atoms. The maximum Gasteiger partial charge on any atom is 0.306 e. The van der Waals surface area contributed by atoms with Crippen LogP contribution in [0.25, 0.3) is 0 Å². The van der Waals surface area contributed by atoms with Crippen molar-refractivity contribution in [3.8, 4) is 0 Å². The van der Waals surface area contributed by atoms with E-state index in [2.05, 4.69) is 38.2 Å². The Bertz CT molecular complexity index is 671. The first kappa shape index (κ1) is 42.4. The van der Waals surface area contributed by atoms with E-state index in [0.717, 1.165) is 44.9 Å². The van der Waals surface area contributed by atoms with E-state index >= 15 is 0 Å². The number of carbonyl (C=O) groups is 2. The number of ether oxygens (including phenoxy) is 2. The number of carbonyl (C=O) groups excluding carboxylic acids is 2. The van der Waals surface area contributed by atoms with Crippen molar-refractivity contribution in [2.24, 2.45) is 0 Å². The molecule has 0 saturated carbocycles. The first-order chi connectivity index (χ1) is 21.6. The Hall–Kier alpha value is -1.62. The molecule has 0 amide bonds. The molecule has 0 aliphatic rings. The van der Waals surface area contributed by atoms with Gasteiger partial charge in [-0.15, -0.1) is 0 Å². The van der Waals surface area contributed by atoms with Gasteiger partial charge in [-0.1, -0.05) is 160 Å². The molecule has 1 unspecified atom stereocenters. The number of aliphatic hydroxyl groups excluding tert-OH is 1. The van der Waals surface area contributed by atoms with E-state index in [1.807, 2.05) is 0 Å². The molecule has 0 aliphatic heterocycles. The van der Waals surface area contributed by atoms with Crippen LogP contribution in [0.2, 0.25) is 0 Å². The molecule has 1 atom stereocenters. The van der Waals surface area contributed by atoms with Gasteiger partial charge in [0.15, 0.2) is 6.10 Å². The molecule has 0 saturated heterocycles. The van der Waals surface area contributed by atoms with Gasteiger partial charge in [0, 0.05) is 12.8 Å². The van der Waals surface area contributed by atoms with Crippen LogP contribution >= 0.6 is 0 Å². The van der Waals surface area contributed by atoms with Crippen molar-refractivity contribution < 1.29 is 24.2 Å². The topological polar surface area (TPSA) is 72.8 Å². The van der Waals surface area contributed by atoms with E-state index < -0.39 is 6.10 Å². The largest absolute Gasteiger partial charge is 0.462 e. The van der Waals surface area contributed by atoms with Crippen molar-refractivity contribution in [3.63, 3.8) is 0 Å². The zero-order chi connectivity index (χ0) is 32.2. The highest BCUT2D eigenvalue weighted by molar-refractivity contribution is 5.70. The highest BCUT2D eigenvalue weighted by atomic mass is 16.6. The smallest absolute Gasteiger partial charge is 0.306 e. The Kier molecular flexibility index (Phi) is 34.5. The fourth-order valence-corrected chi connectivity index (χ4v) is 5.35. The average molecular weight is 621 g/mol. The van der Waals surface area contributed by atoms with E-state index in [1.54, 1.807) is 0 Å². The molecule has 0 heterocycles. The van der Waals surface area contributed by atoms with Gasteiger partial charge in [-0.05, 0) is 44.9 Å². The second-order valence-electron chi connectivity index (χ2n) is 12.7. The number of aliphatic hydroxyl groups is 1. The van der Waals surface area contributed by atoms with Crippen molar-refractivity contribution in [3.05, 3.63) is 24.3 Å². The van der Waals surface area contributed by atoms with Crippen LogP contribution in [-0.2, 0) is 19.1 Å². The molecule has 0 rings (SSSR count). The monoisotopic (exact) mass is 621 g/mol. The van der Waals surface area contributed by atoms with Crippen LogP contribution in [0.5, 0.6) is 0 Å². The summed E-state index contributed by atoms with van der Waals surface area (Å²) in [6, 6.07) is 0. The predicted octanol–water partition coefficient (Wildman–Crippen LogP) is 11.5. The lowest BCUT2D eigenvalue weighted by molar-refractivity contribution is -0.161. The molecule has 44 heavy (non-hydrogen) atoms. The third kappa shape index (κ3) is 33.3. The minimum Gasteiger partial charge on any atom is -0.462 e. The van der Waals surface area contributed by atoms with Crippen LogP contribution in [0.3, 0.4) is 0 Å². The Morgan fingerprint density at radius 2 is 0.909 bits per heavy atom. The first-order valence-electron chi connectivity index (χ1n) is 18.9. The second kappa shape index (κ2) is 35.9. The van der Waals surface area contributed by atoms with Crippen LogP contribution in [0, 0.1) is 0 Å². The Morgan fingerprint density at radius 1 is 0.523 bits per heavy atom. The van der Waals surface area contributed by atoms with Gasteiger partial charge in [0.05, 0.1) is 6.61 Å². The van der Waals surface area contributed by atoms with Gasteiger partial charge in [0.2, 0.25) is 0 Å². The van der Waals surface area contributed by atoms with Gasteiger partial charge in [-0.3, -0.25) is 9.59 Å². The van der Waals surface area contributed by atoms with Gasteiger partial charge in [-0.25, -0.2) is 0 Å². The van der Waals surface area contributed by atoms with E-state index in [1.165, 1.54) is 122 Å². The SMILES string of the molecule is CCCCCCC/C=C\C/C=C\CCCCCCCCCCCC(=O)OC(CO)COC(=O)CCCCCCCCCCC. The number of rotatable bonds is 34. The van der Waals surface area contributed by atoms with Crippen LogP contribution in [0.1, 0.15) is 194 Å². The van der Waals surface area contributed by atoms with Crippen LogP contribution in [0.15, 0.2) is 24.3 Å². The molecule has 0 fully saturated rings. The van der Waals surface area contributed by atoms with Gasteiger partial charge in [0.25, 0.3) is 0 Å². The second-order valence-corrected chi connectivity index (χ2v) is 12.7. The van der Waals surface area contributed by atoms with Crippen molar-refractivity contribution in [1.29, 1.82) is 0 Å². The summed E-state index contributed by atoms with van der Waals surface area (Å²) in [5.74, 6) is -0.594. The number of hydrogen-bond donors (Lipinski definition) is 1. The lowest BCUT2D eigenvalue weighted by Crippen LogP contribution is -2.28. The summed E-state index contributed by atoms with van der Waals surface area (Å²) in [4.78, 5) is 24.1. The molecule has 0 aromatic rings. The predicted molar refractivity (Wildman–Crippen MR) is 187 cm³/mol. The molecule has 0 bridgehead atoms. The average Bonchev–Trinajstić information content (AvgIpc) is 3.02. The van der Waals surface area contributed by atoms with Crippen molar-refractivity contribution in [2.45, 2.75) is 200 Å². The summed E-state index contributed by atoms with van der Waals surface area (Å²) in [7, 11) is 0. The normalized spacial score (nSPS) is 12.3. The number of hydrogen-bond acceptors (Lipinski definition) is 5. The zero-order valence-electron chi connectivity index (χ0n) is 29.2. The van der Waals surface area contributed by atoms with E-state index in [4.69, 9.17) is 9.47 Å². The maximum atomic E-state index is 12.1. The van der Waals surface area contributed by atoms with E-state index in [9.17, 15) is 14.7 Å². The van der Waals surface area contributed by atoms with Gasteiger partial charge in [-0.2, -0.15) is 0 Å². The summed E-state index contributed by atoms with van der Waals surface area (Å²) < 4.78 is 10.6. The first-order valence-corrected chi connectivity index (χ1v) is 18.9. The van der Waals surface area contributed by atoms with Crippen LogP contribution in [0.4, 0.5) is 0 Å². The van der Waals surface area contributed by atoms with Gasteiger partial charge >= 0.3 is 11.9 Å². The number of unbranched alkanes of at least 4 members (excludes halogenated alkanes) is 22. The molecule has 0 radical (unpaired) electrons. The minimum atomic E-state index is -0.767. The summed E-state index contributed by atoms with van der Waals surface area (Å²) in [5, 5.41) is 9.51. The molecule has 5 nitrogen and oxygen atoms in total. The molecule has 0 aliphatic carbocycles. The number of esters is 2. The third-order valence-electron chi connectivity index (χ3n) is 8.25. The molecule has 0 aromatic carbocycles. The fraction of sp³-hybridized carbons (Fsp3) is 0.846. The molecular weight excluding hydrogens is 548 g/mol. The van der Waals surface area contributed by atoms with Crippen molar-refractivity contribution in [1.82, 2.24) is 0 Å². The Labute approximate surface area is 273 Å². The summed E-state index contributed by atoms with van der Waals surface area (Å²) in [6.07, 6.45) is 41.0. The Balaban J connectivity index is 3.52. The third-order valence-corrected chi connectivity index (χ3v) is 8.25. The summed E-state index contributed by atoms with van der Waals surface area (Å²) in [6.45, 7) is 4.10. The van der Waals surface area contributed by atoms with Crippen molar-refractivity contribution >= 4 is 11.9 Å². The minimum absolute atomic E-state index is 0.0640. The van der Waals surface area contributed by atoms with Crippen LogP contribution < -0.4 is 0 Å².